The quantitative estimate of drug-likeness (QED) is 0.522. The number of hydrogen-bond donors (Lipinski definition) is 1. The number of nitrogens with zero attached hydrogens (tertiary/aromatic N) is 1. The highest BCUT2D eigenvalue weighted by molar-refractivity contribution is 5.59. The summed E-state index contributed by atoms with van der Waals surface area (Å²) in [5, 5.41) is 3.31. The van der Waals surface area contributed by atoms with E-state index in [-0.39, 0.29) is 0 Å². The molecule has 0 heterocycles. The molecule has 0 bridgehead atoms. The zero-order valence-corrected chi connectivity index (χ0v) is 13.1. The summed E-state index contributed by atoms with van der Waals surface area (Å²) >= 11 is 0. The molecule has 0 amide bonds. The summed E-state index contributed by atoms with van der Waals surface area (Å²) in [4.78, 5) is 2.38. The maximum atomic E-state index is 5.57. The average Bonchev–Trinajstić information content (AvgIpc) is 2.49. The Hall–Kier alpha value is -1.48. The topological polar surface area (TPSA) is 24.5 Å². The second-order valence-electron chi connectivity index (χ2n) is 4.86. The van der Waals surface area contributed by atoms with Gasteiger partial charge in [-0.3, -0.25) is 0 Å². The van der Waals surface area contributed by atoms with Crippen molar-refractivity contribution in [2.75, 3.05) is 31.6 Å². The third kappa shape index (κ3) is 4.89. The summed E-state index contributed by atoms with van der Waals surface area (Å²) in [5.41, 5.74) is 2.43. The van der Waals surface area contributed by atoms with Gasteiger partial charge < -0.3 is 15.0 Å². The van der Waals surface area contributed by atoms with E-state index in [9.17, 15) is 0 Å². The van der Waals surface area contributed by atoms with Crippen LogP contribution in [0.1, 0.15) is 32.3 Å². The molecule has 0 unspecified atom stereocenters. The number of anilines is 1. The van der Waals surface area contributed by atoms with Crippen LogP contribution in [0.25, 0.3) is 0 Å². The lowest BCUT2D eigenvalue weighted by Crippen LogP contribution is -2.24. The van der Waals surface area contributed by atoms with E-state index in [1.807, 2.05) is 6.08 Å². The molecule has 1 aromatic rings. The fourth-order valence-corrected chi connectivity index (χ4v) is 2.21. The van der Waals surface area contributed by atoms with Crippen LogP contribution < -0.4 is 15.0 Å². The van der Waals surface area contributed by atoms with Crippen LogP contribution in [0.2, 0.25) is 0 Å². The lowest BCUT2D eigenvalue weighted by Gasteiger charge is -2.25. The molecule has 20 heavy (non-hydrogen) atoms. The normalized spacial score (nSPS) is 10.3. The predicted molar refractivity (Wildman–Crippen MR) is 87.7 cm³/mol. The number of nitrogens with one attached hydrogen (secondary N) is 1. The summed E-state index contributed by atoms with van der Waals surface area (Å²) in [6.45, 7) is 11.9. The van der Waals surface area contributed by atoms with Gasteiger partial charge in [0, 0.05) is 26.2 Å². The summed E-state index contributed by atoms with van der Waals surface area (Å²) in [6, 6.07) is 6.46. The minimum absolute atomic E-state index is 0.821. The zero-order valence-electron chi connectivity index (χ0n) is 13.1. The van der Waals surface area contributed by atoms with Gasteiger partial charge >= 0.3 is 0 Å². The van der Waals surface area contributed by atoms with Gasteiger partial charge in [0.05, 0.1) is 12.8 Å². The summed E-state index contributed by atoms with van der Waals surface area (Å²) in [5.74, 6) is 0.959. The van der Waals surface area contributed by atoms with Crippen molar-refractivity contribution in [3.63, 3.8) is 0 Å². The molecule has 0 spiro atoms. The van der Waals surface area contributed by atoms with Crippen molar-refractivity contribution in [3.05, 3.63) is 36.4 Å². The molecule has 0 aliphatic carbocycles. The molecule has 1 aromatic carbocycles. The minimum Gasteiger partial charge on any atom is -0.495 e. The first-order valence-electron chi connectivity index (χ1n) is 7.50. The highest BCUT2D eigenvalue weighted by atomic mass is 16.5. The van der Waals surface area contributed by atoms with Crippen LogP contribution in [0.15, 0.2) is 30.9 Å². The monoisotopic (exact) mass is 276 g/mol. The Balaban J connectivity index is 2.82. The van der Waals surface area contributed by atoms with Crippen LogP contribution in [0.4, 0.5) is 5.69 Å². The summed E-state index contributed by atoms with van der Waals surface area (Å²) in [6.07, 6.45) is 4.29. The first kappa shape index (κ1) is 16.6. The molecule has 0 aliphatic heterocycles. The number of unbranched alkanes of at least 4 members (excludes halogenated alkanes) is 1. The fourth-order valence-electron chi connectivity index (χ4n) is 2.21. The van der Waals surface area contributed by atoms with Gasteiger partial charge in [0.15, 0.2) is 0 Å². The highest BCUT2D eigenvalue weighted by Crippen LogP contribution is 2.29. The van der Waals surface area contributed by atoms with Crippen LogP contribution in [0.5, 0.6) is 5.75 Å². The van der Waals surface area contributed by atoms with Crippen LogP contribution in [-0.2, 0) is 6.54 Å². The van der Waals surface area contributed by atoms with E-state index < -0.39 is 0 Å². The van der Waals surface area contributed by atoms with E-state index in [0.29, 0.717) is 0 Å². The Kier molecular flexibility index (Phi) is 7.81. The average molecular weight is 276 g/mol. The Morgan fingerprint density at radius 2 is 2.15 bits per heavy atom. The van der Waals surface area contributed by atoms with Gasteiger partial charge in [-0.2, -0.15) is 0 Å². The zero-order chi connectivity index (χ0) is 14.8. The Bertz CT molecular complexity index is 404. The van der Waals surface area contributed by atoms with Gasteiger partial charge in [0.25, 0.3) is 0 Å². The van der Waals surface area contributed by atoms with E-state index in [2.05, 4.69) is 48.8 Å². The summed E-state index contributed by atoms with van der Waals surface area (Å²) < 4.78 is 5.57. The van der Waals surface area contributed by atoms with E-state index in [4.69, 9.17) is 4.74 Å². The third-order valence-corrected chi connectivity index (χ3v) is 3.37. The molecule has 0 saturated heterocycles. The molecule has 0 aromatic heterocycles. The molecule has 3 heteroatoms. The van der Waals surface area contributed by atoms with E-state index in [1.54, 1.807) is 7.11 Å². The Morgan fingerprint density at radius 1 is 1.35 bits per heavy atom. The smallest absolute Gasteiger partial charge is 0.142 e. The van der Waals surface area contributed by atoms with Crippen molar-refractivity contribution in [3.8, 4) is 5.75 Å². The molecule has 0 aliphatic rings. The molecule has 0 atom stereocenters. The molecule has 1 rings (SSSR count). The van der Waals surface area contributed by atoms with Gasteiger partial charge in [-0.15, -0.1) is 6.58 Å². The highest BCUT2D eigenvalue weighted by Gasteiger charge is 2.10. The van der Waals surface area contributed by atoms with Crippen molar-refractivity contribution in [2.24, 2.45) is 0 Å². The Labute approximate surface area is 123 Å². The predicted octanol–water partition coefficient (Wildman–Crippen LogP) is 3.60. The van der Waals surface area contributed by atoms with Crippen LogP contribution in [0.3, 0.4) is 0 Å². The molecule has 1 N–H and O–H groups in total. The van der Waals surface area contributed by atoms with Crippen LogP contribution >= 0.6 is 0 Å². The SMILES string of the molecule is C=CCNCc1ccc(N(CC)CCCC)c(OC)c1. The standard InChI is InChI=1S/C17H28N2O/c1-5-8-12-19(7-3)16-10-9-15(13-17(16)20-4)14-18-11-6-2/h6,9-10,13,18H,2,5,7-8,11-12,14H2,1,3-4H3. The lowest BCUT2D eigenvalue weighted by atomic mass is 10.1. The molecule has 0 fully saturated rings. The molecular weight excluding hydrogens is 248 g/mol. The van der Waals surface area contributed by atoms with Gasteiger partial charge in [-0.05, 0) is 31.0 Å². The number of benzene rings is 1. The van der Waals surface area contributed by atoms with Crippen molar-refractivity contribution in [1.29, 1.82) is 0 Å². The summed E-state index contributed by atoms with van der Waals surface area (Å²) in [7, 11) is 1.74. The first-order chi connectivity index (χ1) is 9.76. The third-order valence-electron chi connectivity index (χ3n) is 3.37. The molecule has 0 saturated carbocycles. The molecular formula is C17H28N2O. The van der Waals surface area contributed by atoms with Gasteiger partial charge in [-0.1, -0.05) is 25.5 Å². The molecule has 0 radical (unpaired) electrons. The number of methoxy groups -OCH3 is 1. The lowest BCUT2D eigenvalue weighted by molar-refractivity contribution is 0.413. The number of rotatable bonds is 10. The minimum atomic E-state index is 0.821. The van der Waals surface area contributed by atoms with Crippen molar-refractivity contribution in [2.45, 2.75) is 33.2 Å². The van der Waals surface area contributed by atoms with Gasteiger partial charge in [0.1, 0.15) is 5.75 Å². The second-order valence-corrected chi connectivity index (χ2v) is 4.86. The first-order valence-corrected chi connectivity index (χ1v) is 7.50. The second kappa shape index (κ2) is 9.43. The molecule has 3 nitrogen and oxygen atoms in total. The van der Waals surface area contributed by atoms with E-state index in [0.717, 1.165) is 31.9 Å². The van der Waals surface area contributed by atoms with Crippen molar-refractivity contribution < 1.29 is 4.74 Å². The van der Waals surface area contributed by atoms with Gasteiger partial charge in [0.2, 0.25) is 0 Å². The van der Waals surface area contributed by atoms with E-state index in [1.165, 1.54) is 24.1 Å². The van der Waals surface area contributed by atoms with Crippen molar-refractivity contribution >= 4 is 5.69 Å². The maximum Gasteiger partial charge on any atom is 0.142 e. The number of hydrogen-bond acceptors (Lipinski definition) is 3. The maximum absolute atomic E-state index is 5.57. The van der Waals surface area contributed by atoms with Crippen LogP contribution in [0, 0.1) is 0 Å². The van der Waals surface area contributed by atoms with Crippen LogP contribution in [-0.4, -0.2) is 26.7 Å². The Morgan fingerprint density at radius 3 is 2.75 bits per heavy atom. The van der Waals surface area contributed by atoms with Gasteiger partial charge in [-0.25, -0.2) is 0 Å². The largest absolute Gasteiger partial charge is 0.495 e. The number of ether oxygens (including phenoxy) is 1. The fraction of sp³-hybridized carbons (Fsp3) is 0.529. The molecule has 112 valence electrons. The van der Waals surface area contributed by atoms with Crippen molar-refractivity contribution in [1.82, 2.24) is 5.32 Å². The van der Waals surface area contributed by atoms with E-state index >= 15 is 0 Å².